The molecule has 0 spiro atoms. The summed E-state index contributed by atoms with van der Waals surface area (Å²) in [5.74, 6) is -0.393. The molecule has 1 aromatic heterocycles. The molecule has 0 bridgehead atoms. The quantitative estimate of drug-likeness (QED) is 0.696. The van der Waals surface area contributed by atoms with Crippen molar-refractivity contribution in [3.8, 4) is 0 Å². The Labute approximate surface area is 112 Å². The molecule has 2 aromatic rings. The first kappa shape index (κ1) is 13.1. The Morgan fingerprint density at radius 2 is 2.28 bits per heavy atom. The monoisotopic (exact) mass is 284 g/mol. The van der Waals surface area contributed by atoms with E-state index >= 15 is 0 Å². The van der Waals surface area contributed by atoms with Crippen molar-refractivity contribution in [1.29, 1.82) is 0 Å². The number of thioether (sulfide) groups is 1. The highest BCUT2D eigenvalue weighted by Gasteiger charge is 2.09. The van der Waals surface area contributed by atoms with Crippen molar-refractivity contribution >= 4 is 23.4 Å². The van der Waals surface area contributed by atoms with Crippen molar-refractivity contribution in [2.45, 2.75) is 11.6 Å². The van der Waals surface area contributed by atoms with Crippen LogP contribution >= 0.6 is 23.4 Å². The molecule has 1 aromatic carbocycles. The lowest BCUT2D eigenvalue weighted by molar-refractivity contribution is 0.612. The number of hydrogen-bond acceptors (Lipinski definition) is 3. The van der Waals surface area contributed by atoms with Gasteiger partial charge < -0.3 is 4.98 Å². The summed E-state index contributed by atoms with van der Waals surface area (Å²) in [6, 6.07) is 5.84. The standard InChI is InChI=1S/C12H10ClFN2OS/c1-18-12-15-7(6-11(17)16-12)5-8-9(13)3-2-4-10(8)14/h2-4,6H,5H2,1H3,(H,15,16,17). The molecule has 0 amide bonds. The summed E-state index contributed by atoms with van der Waals surface area (Å²) in [7, 11) is 0. The Morgan fingerprint density at radius 3 is 2.94 bits per heavy atom. The predicted octanol–water partition coefficient (Wildman–Crippen LogP) is 2.88. The van der Waals surface area contributed by atoms with Gasteiger partial charge in [-0.25, -0.2) is 9.37 Å². The maximum Gasteiger partial charge on any atom is 0.251 e. The second-order valence-corrected chi connectivity index (χ2v) is 4.83. The fraction of sp³-hybridized carbons (Fsp3) is 0.167. The van der Waals surface area contributed by atoms with E-state index in [0.29, 0.717) is 21.4 Å². The van der Waals surface area contributed by atoms with Crippen LogP contribution < -0.4 is 5.56 Å². The van der Waals surface area contributed by atoms with Crippen LogP contribution in [0.1, 0.15) is 11.3 Å². The molecule has 0 aliphatic heterocycles. The van der Waals surface area contributed by atoms with E-state index in [2.05, 4.69) is 9.97 Å². The molecular weight excluding hydrogens is 275 g/mol. The van der Waals surface area contributed by atoms with Gasteiger partial charge in [-0.3, -0.25) is 4.79 Å². The molecule has 18 heavy (non-hydrogen) atoms. The number of aromatic amines is 1. The van der Waals surface area contributed by atoms with Crippen molar-refractivity contribution in [2.75, 3.05) is 6.26 Å². The molecule has 0 radical (unpaired) electrons. The topological polar surface area (TPSA) is 45.8 Å². The lowest BCUT2D eigenvalue weighted by Crippen LogP contribution is -2.10. The van der Waals surface area contributed by atoms with E-state index in [1.807, 2.05) is 0 Å². The average Bonchev–Trinajstić information content (AvgIpc) is 2.33. The third-order valence-corrected chi connectivity index (χ3v) is 3.32. The molecule has 0 aliphatic carbocycles. The van der Waals surface area contributed by atoms with Gasteiger partial charge in [0.2, 0.25) is 0 Å². The van der Waals surface area contributed by atoms with Crippen molar-refractivity contribution in [1.82, 2.24) is 9.97 Å². The van der Waals surface area contributed by atoms with Crippen LogP contribution in [0.25, 0.3) is 0 Å². The molecule has 0 saturated heterocycles. The number of H-pyrrole nitrogens is 1. The van der Waals surface area contributed by atoms with Crippen LogP contribution in [0.15, 0.2) is 34.2 Å². The van der Waals surface area contributed by atoms with Crippen molar-refractivity contribution in [3.05, 3.63) is 56.7 Å². The number of rotatable bonds is 3. The van der Waals surface area contributed by atoms with E-state index in [1.54, 1.807) is 18.4 Å². The largest absolute Gasteiger partial charge is 0.301 e. The number of nitrogens with one attached hydrogen (secondary N) is 1. The number of nitrogens with zero attached hydrogens (tertiary/aromatic N) is 1. The second kappa shape index (κ2) is 5.54. The van der Waals surface area contributed by atoms with Gasteiger partial charge in [0.25, 0.3) is 5.56 Å². The van der Waals surface area contributed by atoms with Crippen LogP contribution in [0.2, 0.25) is 5.02 Å². The molecule has 0 atom stereocenters. The minimum atomic E-state index is -0.393. The maximum atomic E-state index is 13.6. The summed E-state index contributed by atoms with van der Waals surface area (Å²) in [6.45, 7) is 0. The third-order valence-electron chi connectivity index (χ3n) is 2.39. The minimum Gasteiger partial charge on any atom is -0.301 e. The van der Waals surface area contributed by atoms with Crippen LogP contribution in [-0.4, -0.2) is 16.2 Å². The lowest BCUT2D eigenvalue weighted by Gasteiger charge is -2.06. The highest BCUT2D eigenvalue weighted by atomic mass is 35.5. The van der Waals surface area contributed by atoms with Gasteiger partial charge in [-0.05, 0) is 18.4 Å². The Balaban J connectivity index is 2.40. The number of aromatic nitrogens is 2. The van der Waals surface area contributed by atoms with Gasteiger partial charge >= 0.3 is 0 Å². The molecule has 94 valence electrons. The molecule has 0 aliphatic rings. The van der Waals surface area contributed by atoms with Gasteiger partial charge in [-0.15, -0.1) is 0 Å². The molecule has 6 heteroatoms. The van der Waals surface area contributed by atoms with E-state index in [9.17, 15) is 9.18 Å². The van der Waals surface area contributed by atoms with E-state index in [4.69, 9.17) is 11.6 Å². The van der Waals surface area contributed by atoms with E-state index in [-0.39, 0.29) is 12.0 Å². The zero-order valence-corrected chi connectivity index (χ0v) is 11.1. The number of benzene rings is 1. The Morgan fingerprint density at radius 1 is 1.50 bits per heavy atom. The SMILES string of the molecule is CSc1nc(Cc2c(F)cccc2Cl)cc(=O)[nH]1. The lowest BCUT2D eigenvalue weighted by atomic mass is 10.1. The molecule has 0 fully saturated rings. The molecule has 2 rings (SSSR count). The molecule has 3 nitrogen and oxygen atoms in total. The molecule has 0 unspecified atom stereocenters. The van der Waals surface area contributed by atoms with Crippen LogP contribution in [0.3, 0.4) is 0 Å². The summed E-state index contributed by atoms with van der Waals surface area (Å²) < 4.78 is 13.6. The molecule has 1 N–H and O–H groups in total. The Bertz CT molecular complexity index is 609. The van der Waals surface area contributed by atoms with Crippen LogP contribution in [0.4, 0.5) is 4.39 Å². The summed E-state index contributed by atoms with van der Waals surface area (Å²) in [5, 5.41) is 0.841. The molecule has 1 heterocycles. The van der Waals surface area contributed by atoms with Gasteiger partial charge in [0.15, 0.2) is 5.16 Å². The van der Waals surface area contributed by atoms with Crippen molar-refractivity contribution in [3.63, 3.8) is 0 Å². The summed E-state index contributed by atoms with van der Waals surface area (Å²) >= 11 is 7.26. The van der Waals surface area contributed by atoms with Crippen molar-refractivity contribution < 1.29 is 4.39 Å². The minimum absolute atomic E-state index is 0.197. The summed E-state index contributed by atoms with van der Waals surface area (Å²) in [5.41, 5.74) is 0.594. The molecular formula is C12H10ClFN2OS. The van der Waals surface area contributed by atoms with Gasteiger partial charge in [0.05, 0.1) is 5.69 Å². The van der Waals surface area contributed by atoms with Gasteiger partial charge in [0.1, 0.15) is 5.82 Å². The van der Waals surface area contributed by atoms with Crippen LogP contribution in [0, 0.1) is 5.82 Å². The first-order chi connectivity index (χ1) is 8.60. The third kappa shape index (κ3) is 2.91. The van der Waals surface area contributed by atoms with Gasteiger partial charge in [-0.2, -0.15) is 0 Å². The molecule has 0 saturated carbocycles. The fourth-order valence-electron chi connectivity index (χ4n) is 1.55. The van der Waals surface area contributed by atoms with Crippen molar-refractivity contribution in [2.24, 2.45) is 0 Å². The first-order valence-electron chi connectivity index (χ1n) is 5.17. The number of hydrogen-bond donors (Lipinski definition) is 1. The van der Waals surface area contributed by atoms with E-state index in [0.717, 1.165) is 0 Å². The normalized spacial score (nSPS) is 10.6. The van der Waals surface area contributed by atoms with Crippen LogP contribution in [-0.2, 0) is 6.42 Å². The predicted molar refractivity (Wildman–Crippen MR) is 70.9 cm³/mol. The summed E-state index contributed by atoms with van der Waals surface area (Å²) in [4.78, 5) is 18.2. The Hall–Kier alpha value is -1.33. The van der Waals surface area contributed by atoms with Gasteiger partial charge in [-0.1, -0.05) is 29.4 Å². The zero-order valence-electron chi connectivity index (χ0n) is 9.54. The van der Waals surface area contributed by atoms with E-state index < -0.39 is 5.82 Å². The second-order valence-electron chi connectivity index (χ2n) is 3.62. The highest BCUT2D eigenvalue weighted by molar-refractivity contribution is 7.98. The Kier molecular flexibility index (Phi) is 4.04. The average molecular weight is 285 g/mol. The maximum absolute atomic E-state index is 13.6. The first-order valence-corrected chi connectivity index (χ1v) is 6.77. The van der Waals surface area contributed by atoms with Gasteiger partial charge in [0, 0.05) is 23.1 Å². The summed E-state index contributed by atoms with van der Waals surface area (Å²) in [6.07, 6.45) is 2.00. The highest BCUT2D eigenvalue weighted by Crippen LogP contribution is 2.21. The zero-order chi connectivity index (χ0) is 13.1. The van der Waals surface area contributed by atoms with E-state index in [1.165, 1.54) is 23.9 Å². The fourth-order valence-corrected chi connectivity index (χ4v) is 2.19. The smallest absolute Gasteiger partial charge is 0.251 e. The number of halogens is 2. The van der Waals surface area contributed by atoms with Crippen LogP contribution in [0.5, 0.6) is 0 Å².